The average Bonchev–Trinajstić information content (AvgIpc) is 3.80. The molecule has 0 spiro atoms. The Labute approximate surface area is 331 Å². The first-order chi connectivity index (χ1) is 28.3. The maximum atomic E-state index is 5.84. The molecule has 2 heterocycles. The third kappa shape index (κ3) is 4.77. The van der Waals surface area contributed by atoms with Gasteiger partial charge >= 0.3 is 0 Å². The van der Waals surface area contributed by atoms with Crippen LogP contribution >= 0.6 is 0 Å². The molecule has 2 heteroatoms. The van der Waals surface area contributed by atoms with Crippen LogP contribution in [0.5, 0.6) is 0 Å². The Morgan fingerprint density at radius 3 is 1.35 bits per heavy atom. The first-order valence-electron chi connectivity index (χ1n) is 19.8. The van der Waals surface area contributed by atoms with Crippen molar-refractivity contribution in [2.45, 2.75) is 6.54 Å². The minimum atomic E-state index is 0.563. The lowest BCUT2D eigenvalue weighted by Gasteiger charge is -2.20. The fourth-order valence-electron chi connectivity index (χ4n) is 9.77. The van der Waals surface area contributed by atoms with Crippen molar-refractivity contribution in [2.24, 2.45) is 0 Å². The zero-order valence-corrected chi connectivity index (χ0v) is 31.2. The third-order valence-corrected chi connectivity index (χ3v) is 12.0. The van der Waals surface area contributed by atoms with Crippen molar-refractivity contribution in [1.29, 1.82) is 0 Å². The van der Waals surface area contributed by atoms with Crippen molar-refractivity contribution in [3.05, 3.63) is 206 Å². The van der Waals surface area contributed by atoms with Crippen LogP contribution < -0.4 is 4.57 Å². The lowest BCUT2D eigenvalue weighted by molar-refractivity contribution is -0.676. The predicted molar refractivity (Wildman–Crippen MR) is 236 cm³/mol. The third-order valence-electron chi connectivity index (χ3n) is 12.0. The summed E-state index contributed by atoms with van der Waals surface area (Å²) < 4.78 is 2.50. The van der Waals surface area contributed by atoms with E-state index in [-0.39, 0.29) is 0 Å². The standard InChI is InChI=1S/C55H35N2/c1-5-17-35(18-6-1)45-33-57(55(40-23-11-4-12-24-40)53-44-32-16-28-36-25-13-29-41(47(36)44)50(45)53)34-46-49(38-19-7-2-8-20-38)51-42-30-14-26-37-27-15-31-43(48(37)42)52(51)54(56-46)39-21-9-3-10-22-39/h1-33H,34H2/q+1. The van der Waals surface area contributed by atoms with E-state index in [1.165, 1.54) is 99.6 Å². The topological polar surface area (TPSA) is 16.8 Å². The summed E-state index contributed by atoms with van der Waals surface area (Å²) in [5.74, 6) is 0. The molecule has 0 N–H and O–H groups in total. The molecule has 0 unspecified atom stereocenters. The SMILES string of the molecule is c1ccc(-c2c[n+](Cc3nc(-c4ccccc4)c4c(c3-c3ccccc3)-c3cccc5cccc-4c35)c(-c3ccccc3)c3c2-c2cccc4cccc-3c24)cc1. The first kappa shape index (κ1) is 31.9. The van der Waals surface area contributed by atoms with Crippen LogP contribution in [0.3, 0.4) is 0 Å². The highest BCUT2D eigenvalue weighted by molar-refractivity contribution is 6.21. The highest BCUT2D eigenvalue weighted by Crippen LogP contribution is 2.56. The van der Waals surface area contributed by atoms with Crippen molar-refractivity contribution in [3.63, 3.8) is 0 Å². The van der Waals surface area contributed by atoms with E-state index in [0.29, 0.717) is 6.54 Å². The van der Waals surface area contributed by atoms with Crippen LogP contribution in [0, 0.1) is 0 Å². The van der Waals surface area contributed by atoms with Crippen molar-refractivity contribution in [3.8, 4) is 89.3 Å². The number of hydrogen-bond donors (Lipinski definition) is 0. The summed E-state index contributed by atoms with van der Waals surface area (Å²) in [4.78, 5) is 5.84. The van der Waals surface area contributed by atoms with Gasteiger partial charge in [-0.15, -0.1) is 0 Å². The minimum Gasteiger partial charge on any atom is -0.245 e. The molecule has 0 saturated carbocycles. The normalized spacial score (nSPS) is 11.9. The van der Waals surface area contributed by atoms with Crippen molar-refractivity contribution >= 4 is 21.5 Å². The highest BCUT2D eigenvalue weighted by atomic mass is 15.0. The number of pyridine rings is 2. The molecule has 57 heavy (non-hydrogen) atoms. The Morgan fingerprint density at radius 1 is 0.333 bits per heavy atom. The summed E-state index contributed by atoms with van der Waals surface area (Å²) in [5, 5.41) is 5.13. The summed E-state index contributed by atoms with van der Waals surface area (Å²) in [7, 11) is 0. The molecule has 2 aliphatic carbocycles. The highest BCUT2D eigenvalue weighted by Gasteiger charge is 2.36. The second-order valence-electron chi connectivity index (χ2n) is 15.2. The molecule has 10 aromatic rings. The molecule has 2 aromatic heterocycles. The number of rotatable bonds is 6. The molecule has 0 aliphatic heterocycles. The summed E-state index contributed by atoms with van der Waals surface area (Å²) in [6.07, 6.45) is 2.41. The molecular formula is C55H35N2+. The van der Waals surface area contributed by atoms with Crippen LogP contribution in [0.25, 0.3) is 111 Å². The smallest absolute Gasteiger partial charge is 0.221 e. The Hall–Kier alpha value is -7.42. The Bertz CT molecular complexity index is 2990. The molecule has 12 rings (SSSR count). The van der Waals surface area contributed by atoms with Gasteiger partial charge in [0, 0.05) is 33.4 Å². The summed E-state index contributed by atoms with van der Waals surface area (Å²) in [6.45, 7) is 0.563. The maximum Gasteiger partial charge on any atom is 0.221 e. The fourth-order valence-corrected chi connectivity index (χ4v) is 9.77. The zero-order valence-electron chi connectivity index (χ0n) is 31.2. The molecule has 0 radical (unpaired) electrons. The summed E-state index contributed by atoms with van der Waals surface area (Å²) in [6, 6.07) is 70.6. The van der Waals surface area contributed by atoms with Gasteiger partial charge in [-0.05, 0) is 67.1 Å². The van der Waals surface area contributed by atoms with Crippen LogP contribution in [0.1, 0.15) is 5.69 Å². The fraction of sp³-hybridized carbons (Fsp3) is 0.0182. The monoisotopic (exact) mass is 723 g/mol. The Morgan fingerprint density at radius 2 is 0.789 bits per heavy atom. The van der Waals surface area contributed by atoms with E-state index in [0.717, 1.165) is 17.0 Å². The van der Waals surface area contributed by atoms with Crippen LogP contribution in [0.2, 0.25) is 0 Å². The molecule has 264 valence electrons. The molecule has 0 bridgehead atoms. The van der Waals surface area contributed by atoms with E-state index in [1.54, 1.807) is 0 Å². The lowest BCUT2D eigenvalue weighted by Crippen LogP contribution is -2.38. The van der Waals surface area contributed by atoms with Crippen molar-refractivity contribution in [1.82, 2.24) is 4.98 Å². The van der Waals surface area contributed by atoms with Gasteiger partial charge in [0.05, 0.1) is 16.8 Å². The van der Waals surface area contributed by atoms with Crippen LogP contribution in [-0.4, -0.2) is 4.98 Å². The van der Waals surface area contributed by atoms with Crippen LogP contribution in [-0.2, 0) is 6.54 Å². The van der Waals surface area contributed by atoms with Gasteiger partial charge in [0.2, 0.25) is 5.69 Å². The summed E-state index contributed by atoms with van der Waals surface area (Å²) in [5.41, 5.74) is 20.5. The molecular weight excluding hydrogens is 689 g/mol. The van der Waals surface area contributed by atoms with Gasteiger partial charge in [-0.3, -0.25) is 0 Å². The van der Waals surface area contributed by atoms with E-state index in [2.05, 4.69) is 205 Å². The van der Waals surface area contributed by atoms with Crippen molar-refractivity contribution < 1.29 is 4.57 Å². The first-order valence-corrected chi connectivity index (χ1v) is 19.8. The average molecular weight is 724 g/mol. The zero-order chi connectivity index (χ0) is 37.5. The van der Waals surface area contributed by atoms with Crippen LogP contribution in [0.15, 0.2) is 200 Å². The second kappa shape index (κ2) is 12.6. The van der Waals surface area contributed by atoms with E-state index in [9.17, 15) is 0 Å². The van der Waals surface area contributed by atoms with Crippen LogP contribution in [0.4, 0.5) is 0 Å². The Kier molecular flexibility index (Phi) is 7.02. The largest absolute Gasteiger partial charge is 0.245 e. The van der Waals surface area contributed by atoms with Gasteiger partial charge in [0.25, 0.3) is 0 Å². The van der Waals surface area contributed by atoms with Gasteiger partial charge in [-0.1, -0.05) is 182 Å². The van der Waals surface area contributed by atoms with Gasteiger partial charge in [-0.2, -0.15) is 4.57 Å². The molecule has 0 amide bonds. The van der Waals surface area contributed by atoms with Gasteiger partial charge in [0.15, 0.2) is 12.7 Å². The molecule has 8 aromatic carbocycles. The second-order valence-corrected chi connectivity index (χ2v) is 15.2. The molecule has 0 saturated heterocycles. The number of nitrogens with zero attached hydrogens (tertiary/aromatic N) is 2. The molecule has 0 atom stereocenters. The van der Waals surface area contributed by atoms with Gasteiger partial charge in [-0.25, -0.2) is 4.98 Å². The molecule has 2 aliphatic rings. The number of hydrogen-bond acceptors (Lipinski definition) is 1. The molecule has 0 fully saturated rings. The minimum absolute atomic E-state index is 0.563. The maximum absolute atomic E-state index is 5.84. The van der Waals surface area contributed by atoms with E-state index >= 15 is 0 Å². The van der Waals surface area contributed by atoms with Crippen molar-refractivity contribution in [2.75, 3.05) is 0 Å². The number of aromatic nitrogens is 2. The number of fused-ring (bicyclic) bond motifs is 6. The van der Waals surface area contributed by atoms with E-state index in [4.69, 9.17) is 4.98 Å². The summed E-state index contributed by atoms with van der Waals surface area (Å²) >= 11 is 0. The lowest BCUT2D eigenvalue weighted by atomic mass is 9.89. The Balaban J connectivity index is 1.22. The van der Waals surface area contributed by atoms with Gasteiger partial charge in [0.1, 0.15) is 5.69 Å². The van der Waals surface area contributed by atoms with Gasteiger partial charge < -0.3 is 0 Å². The van der Waals surface area contributed by atoms with E-state index in [1.807, 2.05) is 0 Å². The van der Waals surface area contributed by atoms with E-state index < -0.39 is 0 Å². The number of benzene rings is 8. The molecule has 2 nitrogen and oxygen atoms in total. The predicted octanol–water partition coefficient (Wildman–Crippen LogP) is 13.7. The quantitative estimate of drug-likeness (QED) is 0.156.